The molecule has 3 heterocycles. The van der Waals surface area contributed by atoms with Crippen molar-refractivity contribution in [2.24, 2.45) is 0 Å². The Hall–Kier alpha value is -1.48. The van der Waals surface area contributed by atoms with Crippen molar-refractivity contribution in [3.05, 3.63) is 12.4 Å². The molecular formula is C15H20IN6O2P. The molecule has 1 aliphatic heterocycles. The summed E-state index contributed by atoms with van der Waals surface area (Å²) >= 11 is 2.20. The van der Waals surface area contributed by atoms with E-state index in [2.05, 4.69) is 37.4 Å². The predicted molar refractivity (Wildman–Crippen MR) is 108 cm³/mol. The van der Waals surface area contributed by atoms with Gasteiger partial charge < -0.3 is 16.0 Å². The van der Waals surface area contributed by atoms with E-state index >= 15 is 0 Å². The van der Waals surface area contributed by atoms with Gasteiger partial charge in [-0.25, -0.2) is 9.44 Å². The Labute approximate surface area is 160 Å². The number of aromatic nitrogens is 3. The smallest absolute Gasteiger partial charge is 0.314 e. The highest BCUT2D eigenvalue weighted by Gasteiger charge is 2.30. The topological polar surface area (TPSA) is 106 Å². The number of anilines is 2. The Balaban J connectivity index is 1.85. The third-order valence-corrected chi connectivity index (χ3v) is 6.38. The maximum Gasteiger partial charge on any atom is 0.314 e. The minimum Gasteiger partial charge on any atom is -0.383 e. The molecule has 134 valence electrons. The van der Waals surface area contributed by atoms with E-state index in [9.17, 15) is 9.59 Å². The number of hydrogen-bond donors (Lipinski definition) is 2. The molecule has 0 radical (unpaired) electrons. The average molecular weight is 474 g/mol. The SMILES string of the molecule is CCC1CCCCN1C(=O)C(=O)Nc1cnc(N)c2cnn(PI)c12. The molecule has 2 aromatic rings. The number of nitrogen functional groups attached to an aromatic ring is 1. The van der Waals surface area contributed by atoms with Gasteiger partial charge in [0.15, 0.2) is 0 Å². The van der Waals surface area contributed by atoms with Crippen LogP contribution in [0.1, 0.15) is 32.6 Å². The third kappa shape index (κ3) is 3.57. The van der Waals surface area contributed by atoms with Gasteiger partial charge in [-0.1, -0.05) is 6.92 Å². The van der Waals surface area contributed by atoms with E-state index < -0.39 is 11.8 Å². The number of nitrogens with one attached hydrogen (secondary N) is 1. The summed E-state index contributed by atoms with van der Waals surface area (Å²) < 4.78 is 1.74. The molecule has 25 heavy (non-hydrogen) atoms. The lowest BCUT2D eigenvalue weighted by molar-refractivity contribution is -0.145. The van der Waals surface area contributed by atoms with Crippen LogP contribution in [0.2, 0.25) is 0 Å². The Kier molecular flexibility index (Phi) is 5.73. The van der Waals surface area contributed by atoms with Crippen LogP contribution in [0.25, 0.3) is 10.9 Å². The minimum atomic E-state index is -0.641. The molecule has 2 unspecified atom stereocenters. The monoisotopic (exact) mass is 474 g/mol. The van der Waals surface area contributed by atoms with Gasteiger partial charge >= 0.3 is 11.8 Å². The lowest BCUT2D eigenvalue weighted by atomic mass is 10.00. The van der Waals surface area contributed by atoms with E-state index in [1.54, 1.807) is 15.5 Å². The molecule has 0 aliphatic carbocycles. The van der Waals surface area contributed by atoms with Crippen molar-refractivity contribution in [1.82, 2.24) is 19.4 Å². The zero-order chi connectivity index (χ0) is 18.0. The molecule has 1 fully saturated rings. The van der Waals surface area contributed by atoms with E-state index in [0.29, 0.717) is 35.3 Å². The second kappa shape index (κ2) is 7.82. The quantitative estimate of drug-likeness (QED) is 0.404. The molecule has 0 saturated carbocycles. The van der Waals surface area contributed by atoms with Crippen LogP contribution < -0.4 is 11.1 Å². The fourth-order valence-electron chi connectivity index (χ4n) is 3.21. The number of hydrogen-bond acceptors (Lipinski definition) is 5. The van der Waals surface area contributed by atoms with Crippen molar-refractivity contribution in [2.45, 2.75) is 38.6 Å². The fraction of sp³-hybridized carbons (Fsp3) is 0.467. The van der Waals surface area contributed by atoms with E-state index in [4.69, 9.17) is 5.73 Å². The second-order valence-electron chi connectivity index (χ2n) is 5.97. The number of carbonyl (C=O) groups excluding carboxylic acids is 2. The second-order valence-corrected chi connectivity index (χ2v) is 8.01. The molecule has 3 rings (SSSR count). The zero-order valence-electron chi connectivity index (χ0n) is 13.8. The molecule has 2 amide bonds. The number of nitrogens with two attached hydrogens (primary N) is 1. The van der Waals surface area contributed by atoms with Crippen molar-refractivity contribution in [2.75, 3.05) is 17.6 Å². The van der Waals surface area contributed by atoms with E-state index in [-0.39, 0.29) is 6.04 Å². The van der Waals surface area contributed by atoms with Crippen LogP contribution in [-0.4, -0.2) is 43.8 Å². The Morgan fingerprint density at radius 2 is 2.24 bits per heavy atom. The number of halogens is 1. The largest absolute Gasteiger partial charge is 0.383 e. The molecule has 2 aromatic heterocycles. The van der Waals surface area contributed by atoms with Crippen LogP contribution in [0.5, 0.6) is 0 Å². The van der Waals surface area contributed by atoms with Gasteiger partial charge in [0.2, 0.25) is 0 Å². The van der Waals surface area contributed by atoms with Crippen molar-refractivity contribution in [3.63, 3.8) is 0 Å². The first kappa shape index (κ1) is 18.3. The van der Waals surface area contributed by atoms with Crippen molar-refractivity contribution in [1.29, 1.82) is 0 Å². The molecule has 0 bridgehead atoms. The summed E-state index contributed by atoms with van der Waals surface area (Å²) in [6.07, 6.45) is 7.28. The van der Waals surface area contributed by atoms with Crippen LogP contribution in [0, 0.1) is 0 Å². The van der Waals surface area contributed by atoms with Gasteiger partial charge in [-0.15, -0.1) is 0 Å². The van der Waals surface area contributed by atoms with Crippen LogP contribution >= 0.6 is 28.4 Å². The molecule has 8 nitrogen and oxygen atoms in total. The summed E-state index contributed by atoms with van der Waals surface area (Å²) in [6.45, 7) is 2.68. The number of likely N-dealkylation sites (tertiary alicyclic amines) is 1. The van der Waals surface area contributed by atoms with E-state index in [0.717, 1.165) is 25.7 Å². The summed E-state index contributed by atoms with van der Waals surface area (Å²) in [5.74, 6) is -0.778. The Morgan fingerprint density at radius 1 is 1.44 bits per heavy atom. The van der Waals surface area contributed by atoms with Crippen LogP contribution in [0.3, 0.4) is 0 Å². The molecule has 0 aromatic carbocycles. The van der Waals surface area contributed by atoms with Crippen molar-refractivity contribution >= 4 is 62.6 Å². The first-order chi connectivity index (χ1) is 12.1. The zero-order valence-corrected chi connectivity index (χ0v) is 17.0. The molecular weight excluding hydrogens is 454 g/mol. The fourth-order valence-corrected chi connectivity index (χ4v) is 4.74. The standard InChI is InChI=1S/C15H20IN6O2P/c1-2-9-5-3-4-6-21(9)15(24)14(23)20-11-8-18-13(17)10-7-19-22(25-16)12(10)11/h7-9,25H,2-6H2,1H3,(H2,17,18)(H,20,23). The highest BCUT2D eigenvalue weighted by atomic mass is 127. The lowest BCUT2D eigenvalue weighted by Crippen LogP contribution is -2.48. The molecule has 1 saturated heterocycles. The first-order valence-electron chi connectivity index (χ1n) is 8.17. The van der Waals surface area contributed by atoms with Crippen molar-refractivity contribution < 1.29 is 9.59 Å². The van der Waals surface area contributed by atoms with E-state index in [1.807, 2.05) is 6.92 Å². The first-order valence-corrected chi connectivity index (χ1v) is 12.2. The Bertz CT molecular complexity index is 811. The number of amides is 2. The van der Waals surface area contributed by atoms with Gasteiger partial charge in [-0.3, -0.25) is 9.59 Å². The molecule has 0 spiro atoms. The van der Waals surface area contributed by atoms with Gasteiger partial charge in [0.1, 0.15) is 11.3 Å². The number of rotatable bonds is 3. The summed E-state index contributed by atoms with van der Waals surface area (Å²) in [5.41, 5.74) is 7.03. The number of carbonyl (C=O) groups is 2. The van der Waals surface area contributed by atoms with Gasteiger partial charge in [-0.2, -0.15) is 5.10 Å². The number of pyridine rings is 1. The summed E-state index contributed by atoms with van der Waals surface area (Å²) in [4.78, 5) is 30.9. The van der Waals surface area contributed by atoms with Gasteiger partial charge in [0.25, 0.3) is 0 Å². The molecule has 10 heteroatoms. The lowest BCUT2D eigenvalue weighted by Gasteiger charge is -2.34. The number of piperidine rings is 1. The third-order valence-electron chi connectivity index (χ3n) is 4.51. The number of fused-ring (bicyclic) bond motifs is 1. The highest BCUT2D eigenvalue weighted by molar-refractivity contribution is 14.2. The van der Waals surface area contributed by atoms with Gasteiger partial charge in [0.05, 0.1) is 29.8 Å². The maximum atomic E-state index is 12.6. The molecule has 2 atom stereocenters. The van der Waals surface area contributed by atoms with E-state index in [1.165, 1.54) is 6.20 Å². The predicted octanol–water partition coefficient (Wildman–Crippen LogP) is 2.53. The minimum absolute atomic E-state index is 0.137. The normalized spacial score (nSPS) is 18.2. The molecule has 3 N–H and O–H groups in total. The van der Waals surface area contributed by atoms with Crippen LogP contribution in [0.15, 0.2) is 12.4 Å². The summed E-state index contributed by atoms with van der Waals surface area (Å²) in [5, 5.41) is 7.63. The van der Waals surface area contributed by atoms with Gasteiger partial charge in [0, 0.05) is 12.6 Å². The van der Waals surface area contributed by atoms with Crippen LogP contribution in [-0.2, 0) is 9.59 Å². The van der Waals surface area contributed by atoms with Gasteiger partial charge in [-0.05, 0) is 47.7 Å². The highest BCUT2D eigenvalue weighted by Crippen LogP contribution is 2.34. The Morgan fingerprint density at radius 3 is 2.96 bits per heavy atom. The average Bonchev–Trinajstić information content (AvgIpc) is 3.08. The van der Waals surface area contributed by atoms with Crippen molar-refractivity contribution in [3.8, 4) is 0 Å². The molecule has 1 aliphatic rings. The number of nitrogens with zero attached hydrogens (tertiary/aromatic N) is 4. The summed E-state index contributed by atoms with van der Waals surface area (Å²) in [6, 6.07) is 0.137. The van der Waals surface area contributed by atoms with Crippen LogP contribution in [0.4, 0.5) is 11.5 Å². The summed E-state index contributed by atoms with van der Waals surface area (Å²) in [7, 11) is 0. The maximum absolute atomic E-state index is 12.6.